The van der Waals surface area contributed by atoms with Gasteiger partial charge < -0.3 is 0 Å². The van der Waals surface area contributed by atoms with Crippen molar-refractivity contribution in [2.45, 2.75) is 31.2 Å². The van der Waals surface area contributed by atoms with Crippen LogP contribution in [0, 0.1) is 13.8 Å². The number of hydrogen-bond acceptors (Lipinski definition) is 6. The van der Waals surface area contributed by atoms with Gasteiger partial charge in [0.25, 0.3) is 0 Å². The fourth-order valence-electron chi connectivity index (χ4n) is 2.02. The minimum atomic E-state index is -3.18. The fraction of sp³-hybridized carbons (Fsp3) is 0.357. The van der Waals surface area contributed by atoms with Crippen LogP contribution in [0.5, 0.6) is 0 Å². The van der Waals surface area contributed by atoms with Crippen LogP contribution in [0.1, 0.15) is 27.2 Å². The molecule has 1 atom stereocenters. The highest BCUT2D eigenvalue weighted by atomic mass is 32.2. The van der Waals surface area contributed by atoms with Gasteiger partial charge in [-0.3, -0.25) is 11.3 Å². The zero-order valence-electron chi connectivity index (χ0n) is 12.3. The zero-order valence-corrected chi connectivity index (χ0v) is 13.9. The Morgan fingerprint density at radius 1 is 1.29 bits per heavy atom. The summed E-state index contributed by atoms with van der Waals surface area (Å²) in [6, 6.07) is 6.69. The third-order valence-corrected chi connectivity index (χ3v) is 5.59. The van der Waals surface area contributed by atoms with Crippen molar-refractivity contribution in [1.29, 1.82) is 0 Å². The second kappa shape index (κ2) is 6.23. The molecule has 0 saturated heterocycles. The normalized spacial score (nSPS) is 13.3. The van der Waals surface area contributed by atoms with Gasteiger partial charge >= 0.3 is 0 Å². The summed E-state index contributed by atoms with van der Waals surface area (Å²) in [5, 5.41) is 1.01. The molecule has 2 rings (SSSR count). The van der Waals surface area contributed by atoms with E-state index in [1.165, 1.54) is 11.1 Å². The number of hydrazine groups is 1. The Balaban J connectivity index is 2.21. The summed E-state index contributed by atoms with van der Waals surface area (Å²) in [5.74, 6) is 5.63. The first-order valence-electron chi connectivity index (χ1n) is 6.50. The van der Waals surface area contributed by atoms with Crippen molar-refractivity contribution in [2.24, 2.45) is 5.84 Å². The molecule has 1 unspecified atom stereocenters. The maximum atomic E-state index is 11.5. The van der Waals surface area contributed by atoms with E-state index in [2.05, 4.69) is 10.4 Å². The number of thiazole rings is 1. The summed E-state index contributed by atoms with van der Waals surface area (Å²) in [6.07, 6.45) is 1.87. The lowest BCUT2D eigenvalue weighted by molar-refractivity contribution is 0.550. The molecule has 0 aliphatic heterocycles. The SMILES string of the molecule is Cc1nc(CC(NN)c2ccc(S(C)(=O)=O)cc2)sc1C. The van der Waals surface area contributed by atoms with Gasteiger partial charge in [-0.1, -0.05) is 12.1 Å². The third kappa shape index (κ3) is 3.88. The molecule has 0 radical (unpaired) electrons. The van der Waals surface area contributed by atoms with Gasteiger partial charge in [-0.25, -0.2) is 13.4 Å². The molecule has 0 spiro atoms. The number of nitrogens with two attached hydrogens (primary N) is 1. The van der Waals surface area contributed by atoms with E-state index in [-0.39, 0.29) is 6.04 Å². The molecule has 0 amide bonds. The Kier molecular flexibility index (Phi) is 4.77. The van der Waals surface area contributed by atoms with Crippen LogP contribution in [0.2, 0.25) is 0 Å². The van der Waals surface area contributed by atoms with Crippen molar-refractivity contribution in [3.8, 4) is 0 Å². The molecule has 1 heterocycles. The highest BCUT2D eigenvalue weighted by Gasteiger charge is 2.15. The van der Waals surface area contributed by atoms with Crippen LogP contribution >= 0.6 is 11.3 Å². The summed E-state index contributed by atoms with van der Waals surface area (Å²) in [7, 11) is -3.18. The Hall–Kier alpha value is -1.28. The number of benzene rings is 1. The maximum absolute atomic E-state index is 11.5. The van der Waals surface area contributed by atoms with E-state index < -0.39 is 9.84 Å². The second-order valence-electron chi connectivity index (χ2n) is 5.01. The largest absolute Gasteiger partial charge is 0.271 e. The van der Waals surface area contributed by atoms with E-state index in [9.17, 15) is 8.42 Å². The first kappa shape index (κ1) is 16.1. The number of aromatic nitrogens is 1. The topological polar surface area (TPSA) is 85.1 Å². The summed E-state index contributed by atoms with van der Waals surface area (Å²) < 4.78 is 22.9. The monoisotopic (exact) mass is 325 g/mol. The molecule has 3 N–H and O–H groups in total. The molecule has 5 nitrogen and oxygen atoms in total. The zero-order chi connectivity index (χ0) is 15.6. The fourth-order valence-corrected chi connectivity index (χ4v) is 3.63. The average Bonchev–Trinajstić information content (AvgIpc) is 2.74. The van der Waals surface area contributed by atoms with Crippen molar-refractivity contribution >= 4 is 21.2 Å². The standard InChI is InChI=1S/C14H19N3O2S2/c1-9-10(2)20-14(16-9)8-13(17-15)11-4-6-12(7-5-11)21(3,18)19/h4-7,13,17H,8,15H2,1-3H3. The van der Waals surface area contributed by atoms with E-state index in [1.54, 1.807) is 35.6 Å². The van der Waals surface area contributed by atoms with Gasteiger partial charge in [0.2, 0.25) is 0 Å². The van der Waals surface area contributed by atoms with Crippen LogP contribution < -0.4 is 11.3 Å². The summed E-state index contributed by atoms with van der Waals surface area (Å²) in [4.78, 5) is 6.02. The minimum Gasteiger partial charge on any atom is -0.271 e. The van der Waals surface area contributed by atoms with Crippen LogP contribution in [-0.4, -0.2) is 19.7 Å². The number of hydrogen-bond donors (Lipinski definition) is 2. The quantitative estimate of drug-likeness (QED) is 0.648. The molecule has 2 aromatic rings. The number of sulfone groups is 1. The molecule has 0 fully saturated rings. The van der Waals surface area contributed by atoms with Crippen molar-refractivity contribution in [3.05, 3.63) is 45.4 Å². The number of rotatable bonds is 5. The molecule has 0 aliphatic carbocycles. The van der Waals surface area contributed by atoms with Crippen molar-refractivity contribution in [3.63, 3.8) is 0 Å². The molecule has 114 valence electrons. The lowest BCUT2D eigenvalue weighted by atomic mass is 10.1. The lowest BCUT2D eigenvalue weighted by Crippen LogP contribution is -2.29. The first-order valence-corrected chi connectivity index (χ1v) is 9.21. The van der Waals surface area contributed by atoms with Crippen LogP contribution in [0.15, 0.2) is 29.2 Å². The lowest BCUT2D eigenvalue weighted by Gasteiger charge is -2.15. The Morgan fingerprint density at radius 2 is 1.90 bits per heavy atom. The van der Waals surface area contributed by atoms with Gasteiger partial charge in [-0.2, -0.15) is 0 Å². The van der Waals surface area contributed by atoms with Crippen molar-refractivity contribution < 1.29 is 8.42 Å². The van der Waals surface area contributed by atoms with Crippen molar-refractivity contribution in [2.75, 3.05) is 6.26 Å². The Morgan fingerprint density at radius 3 is 2.33 bits per heavy atom. The molecule has 0 aliphatic rings. The molecule has 21 heavy (non-hydrogen) atoms. The van der Waals surface area contributed by atoms with Crippen LogP contribution in [0.3, 0.4) is 0 Å². The summed E-state index contributed by atoms with van der Waals surface area (Å²) >= 11 is 1.66. The van der Waals surface area contributed by atoms with Crippen LogP contribution in [0.4, 0.5) is 0 Å². The van der Waals surface area contributed by atoms with Crippen LogP contribution in [-0.2, 0) is 16.3 Å². The minimum absolute atomic E-state index is 0.0939. The van der Waals surface area contributed by atoms with Crippen LogP contribution in [0.25, 0.3) is 0 Å². The summed E-state index contributed by atoms with van der Waals surface area (Å²) in [6.45, 7) is 4.03. The van der Waals surface area contributed by atoms with E-state index in [4.69, 9.17) is 5.84 Å². The summed E-state index contributed by atoms with van der Waals surface area (Å²) in [5.41, 5.74) is 4.75. The molecule has 1 aromatic carbocycles. The predicted molar refractivity (Wildman–Crippen MR) is 84.9 cm³/mol. The molecule has 1 aromatic heterocycles. The maximum Gasteiger partial charge on any atom is 0.175 e. The van der Waals surface area contributed by atoms with E-state index in [1.807, 2.05) is 13.8 Å². The molecular formula is C14H19N3O2S2. The van der Waals surface area contributed by atoms with E-state index in [0.29, 0.717) is 11.3 Å². The highest BCUT2D eigenvalue weighted by molar-refractivity contribution is 7.90. The van der Waals surface area contributed by atoms with E-state index >= 15 is 0 Å². The third-order valence-electron chi connectivity index (χ3n) is 3.36. The molecule has 0 saturated carbocycles. The molecule has 7 heteroatoms. The molecular weight excluding hydrogens is 306 g/mol. The van der Waals surface area contributed by atoms with Crippen molar-refractivity contribution in [1.82, 2.24) is 10.4 Å². The predicted octanol–water partition coefficient (Wildman–Crippen LogP) is 1.91. The molecule has 0 bridgehead atoms. The van der Waals surface area contributed by atoms with Gasteiger partial charge in [0.05, 0.1) is 21.6 Å². The Labute approximate surface area is 129 Å². The smallest absolute Gasteiger partial charge is 0.175 e. The van der Waals surface area contributed by atoms with Gasteiger partial charge in [0.15, 0.2) is 9.84 Å². The van der Waals surface area contributed by atoms with Gasteiger partial charge in [0.1, 0.15) is 0 Å². The van der Waals surface area contributed by atoms with Gasteiger partial charge in [-0.05, 0) is 31.5 Å². The average molecular weight is 325 g/mol. The number of nitrogens with one attached hydrogen (secondary N) is 1. The Bertz CT molecular complexity index is 702. The van der Waals surface area contributed by atoms with E-state index in [0.717, 1.165) is 16.3 Å². The highest BCUT2D eigenvalue weighted by Crippen LogP contribution is 2.24. The second-order valence-corrected chi connectivity index (χ2v) is 8.32. The van der Waals surface area contributed by atoms with Gasteiger partial charge in [0, 0.05) is 17.6 Å². The first-order chi connectivity index (χ1) is 9.81. The van der Waals surface area contributed by atoms with Gasteiger partial charge in [-0.15, -0.1) is 11.3 Å². The number of nitrogens with zero attached hydrogens (tertiary/aromatic N) is 1. The number of aryl methyl sites for hydroxylation is 2.